The minimum atomic E-state index is -0.354. The molecule has 0 amide bonds. The van der Waals surface area contributed by atoms with Gasteiger partial charge in [-0.3, -0.25) is 4.98 Å². The van der Waals surface area contributed by atoms with Crippen molar-refractivity contribution in [2.24, 2.45) is 0 Å². The maximum Gasteiger partial charge on any atom is 0.330 e. The Bertz CT molecular complexity index is 1320. The van der Waals surface area contributed by atoms with Crippen LogP contribution in [0.3, 0.4) is 0 Å². The molecule has 3 heterocycles. The second-order valence-corrected chi connectivity index (χ2v) is 9.88. The lowest BCUT2D eigenvalue weighted by atomic mass is 10.0. The highest BCUT2D eigenvalue weighted by Gasteiger charge is 2.20. The molecule has 2 aliphatic rings. The Balaban J connectivity index is 1.16. The zero-order chi connectivity index (χ0) is 27.0. The maximum absolute atomic E-state index is 11.8. The molecule has 1 aromatic heterocycles. The molecule has 1 fully saturated rings. The van der Waals surface area contributed by atoms with Crippen LogP contribution in [-0.4, -0.2) is 68.5 Å². The summed E-state index contributed by atoms with van der Waals surface area (Å²) in [5, 5.41) is 5.82. The summed E-state index contributed by atoms with van der Waals surface area (Å²) in [7, 11) is 1.67. The molecule has 3 aromatic rings. The molecular weight excluding hydrogens is 494 g/mol. The molecule has 0 saturated carbocycles. The number of benzene rings is 2. The highest BCUT2D eigenvalue weighted by Crippen LogP contribution is 2.31. The number of nitrogens with one attached hydrogen (secondary N) is 1. The number of carbonyl (C=O) groups excluding carboxylic acids is 1. The number of ether oxygens (including phenoxy) is 4. The summed E-state index contributed by atoms with van der Waals surface area (Å²) in [5.74, 6) is 2.12. The number of methoxy groups -OCH3 is 1. The smallest absolute Gasteiger partial charge is 0.330 e. The van der Waals surface area contributed by atoms with Crippen LogP contribution in [0.2, 0.25) is 0 Å². The van der Waals surface area contributed by atoms with Crippen molar-refractivity contribution in [3.63, 3.8) is 0 Å². The zero-order valence-corrected chi connectivity index (χ0v) is 22.8. The molecule has 1 N–H and O–H groups in total. The Kier molecular flexibility index (Phi) is 8.96. The molecule has 8 nitrogen and oxygen atoms in total. The lowest BCUT2D eigenvalue weighted by Gasteiger charge is -2.32. The van der Waals surface area contributed by atoms with Crippen molar-refractivity contribution >= 4 is 22.8 Å². The standard InChI is InChI=1S/C31H37N3O5/c1-3-37-31(35)9-5-23-21-33-28(27-19-25(36-2)6-7-26(23)27)12-15-34-13-10-24(11-14-34)32-20-22-4-8-29-30(18-22)39-17-16-38-29/h4-9,18-19,21,24,32H,3,10-17,20H2,1-2H3/b9-5+. The molecule has 1 saturated heterocycles. The molecule has 0 unspecified atom stereocenters. The molecule has 0 atom stereocenters. The molecule has 39 heavy (non-hydrogen) atoms. The van der Waals surface area contributed by atoms with Crippen molar-refractivity contribution in [1.82, 2.24) is 15.2 Å². The number of hydrogen-bond acceptors (Lipinski definition) is 8. The predicted molar refractivity (Wildman–Crippen MR) is 151 cm³/mol. The number of esters is 1. The van der Waals surface area contributed by atoms with Crippen molar-refractivity contribution in [1.29, 1.82) is 0 Å². The van der Waals surface area contributed by atoms with Gasteiger partial charge in [-0.2, -0.15) is 0 Å². The fourth-order valence-corrected chi connectivity index (χ4v) is 5.19. The van der Waals surface area contributed by atoms with E-state index in [4.69, 9.17) is 23.9 Å². The predicted octanol–water partition coefficient (Wildman–Crippen LogP) is 4.39. The van der Waals surface area contributed by atoms with Gasteiger partial charge >= 0.3 is 5.97 Å². The van der Waals surface area contributed by atoms with E-state index in [1.54, 1.807) is 20.1 Å². The first-order valence-corrected chi connectivity index (χ1v) is 13.8. The topological polar surface area (TPSA) is 82.2 Å². The largest absolute Gasteiger partial charge is 0.497 e. The number of aromatic nitrogens is 1. The van der Waals surface area contributed by atoms with Crippen LogP contribution in [0.5, 0.6) is 17.2 Å². The number of nitrogens with zero attached hydrogens (tertiary/aromatic N) is 2. The molecule has 0 bridgehead atoms. The van der Waals surface area contributed by atoms with Gasteiger partial charge in [-0.25, -0.2) is 4.79 Å². The Labute approximate surface area is 229 Å². The Morgan fingerprint density at radius 2 is 1.92 bits per heavy atom. The number of rotatable bonds is 10. The highest BCUT2D eigenvalue weighted by atomic mass is 16.6. The molecule has 206 valence electrons. The van der Waals surface area contributed by atoms with Gasteiger partial charge in [-0.15, -0.1) is 0 Å². The Morgan fingerprint density at radius 1 is 1.10 bits per heavy atom. The average molecular weight is 532 g/mol. The molecule has 5 rings (SSSR count). The fraction of sp³-hybridized carbons (Fsp3) is 0.419. The molecule has 0 radical (unpaired) electrons. The van der Waals surface area contributed by atoms with Gasteiger partial charge in [-0.05, 0) is 80.2 Å². The highest BCUT2D eigenvalue weighted by molar-refractivity contribution is 5.96. The van der Waals surface area contributed by atoms with E-state index in [0.717, 1.165) is 84.7 Å². The monoisotopic (exact) mass is 531 g/mol. The first-order chi connectivity index (χ1) is 19.1. The zero-order valence-electron chi connectivity index (χ0n) is 22.8. The van der Waals surface area contributed by atoms with Crippen LogP contribution in [0.4, 0.5) is 0 Å². The van der Waals surface area contributed by atoms with E-state index in [9.17, 15) is 4.79 Å². The Morgan fingerprint density at radius 3 is 2.72 bits per heavy atom. The third kappa shape index (κ3) is 6.88. The lowest BCUT2D eigenvalue weighted by Crippen LogP contribution is -2.42. The first kappa shape index (κ1) is 27.0. The van der Waals surface area contributed by atoms with Gasteiger partial charge in [0, 0.05) is 54.5 Å². The lowest BCUT2D eigenvalue weighted by molar-refractivity contribution is -0.137. The van der Waals surface area contributed by atoms with Crippen LogP contribution in [0, 0.1) is 0 Å². The molecule has 8 heteroatoms. The summed E-state index contributed by atoms with van der Waals surface area (Å²) < 4.78 is 21.8. The SMILES string of the molecule is CCOC(=O)/C=C/c1cnc(CCN2CCC(NCc3ccc4c(c3)OCCO4)CC2)c2cc(OC)ccc12. The number of carbonyl (C=O) groups is 1. The second kappa shape index (κ2) is 13.0. The van der Waals surface area contributed by atoms with E-state index in [1.807, 2.05) is 30.5 Å². The van der Waals surface area contributed by atoms with Gasteiger partial charge in [0.25, 0.3) is 0 Å². The van der Waals surface area contributed by atoms with Gasteiger partial charge in [0.2, 0.25) is 0 Å². The van der Waals surface area contributed by atoms with Gasteiger partial charge in [0.05, 0.1) is 13.7 Å². The number of piperidine rings is 1. The van der Waals surface area contributed by atoms with E-state index < -0.39 is 0 Å². The maximum atomic E-state index is 11.8. The molecular formula is C31H37N3O5. The average Bonchev–Trinajstić information content (AvgIpc) is 2.98. The summed E-state index contributed by atoms with van der Waals surface area (Å²) >= 11 is 0. The van der Waals surface area contributed by atoms with E-state index in [1.165, 1.54) is 11.6 Å². The second-order valence-electron chi connectivity index (χ2n) is 9.88. The van der Waals surface area contributed by atoms with Crippen LogP contribution in [0.1, 0.15) is 36.6 Å². The first-order valence-electron chi connectivity index (χ1n) is 13.8. The normalized spacial score (nSPS) is 16.1. The third-order valence-corrected chi connectivity index (χ3v) is 7.35. The van der Waals surface area contributed by atoms with E-state index in [0.29, 0.717) is 25.9 Å². The number of pyridine rings is 1. The van der Waals surface area contributed by atoms with Gasteiger partial charge in [0.1, 0.15) is 19.0 Å². The fourth-order valence-electron chi connectivity index (χ4n) is 5.19. The third-order valence-electron chi connectivity index (χ3n) is 7.35. The van der Waals surface area contributed by atoms with Crippen LogP contribution in [0.25, 0.3) is 16.8 Å². The van der Waals surface area contributed by atoms with Gasteiger partial charge < -0.3 is 29.2 Å². The summed E-state index contributed by atoms with van der Waals surface area (Å²) in [6.07, 6.45) is 8.14. The van der Waals surface area contributed by atoms with Crippen LogP contribution in [0.15, 0.2) is 48.7 Å². The summed E-state index contributed by atoms with van der Waals surface area (Å²) in [4.78, 5) is 19.1. The summed E-state index contributed by atoms with van der Waals surface area (Å²) in [6, 6.07) is 12.7. The number of hydrogen-bond donors (Lipinski definition) is 1. The quantitative estimate of drug-likeness (QED) is 0.305. The van der Waals surface area contributed by atoms with E-state index in [-0.39, 0.29) is 5.97 Å². The summed E-state index contributed by atoms with van der Waals surface area (Å²) in [6.45, 7) is 7.26. The molecule has 2 aliphatic heterocycles. The molecule has 0 aliphatic carbocycles. The number of likely N-dealkylation sites (tertiary alicyclic amines) is 1. The molecule has 2 aromatic carbocycles. The van der Waals surface area contributed by atoms with Crippen molar-refractivity contribution in [2.75, 3.05) is 46.6 Å². The van der Waals surface area contributed by atoms with Crippen LogP contribution >= 0.6 is 0 Å². The van der Waals surface area contributed by atoms with E-state index >= 15 is 0 Å². The van der Waals surface area contributed by atoms with E-state index in [2.05, 4.69) is 22.3 Å². The molecule has 0 spiro atoms. The van der Waals surface area contributed by atoms with Crippen LogP contribution in [-0.2, 0) is 22.5 Å². The van der Waals surface area contributed by atoms with Crippen molar-refractivity contribution in [2.45, 2.75) is 38.8 Å². The van der Waals surface area contributed by atoms with Crippen LogP contribution < -0.4 is 19.5 Å². The van der Waals surface area contributed by atoms with Crippen molar-refractivity contribution in [3.8, 4) is 17.2 Å². The summed E-state index contributed by atoms with van der Waals surface area (Å²) in [5.41, 5.74) is 3.14. The number of fused-ring (bicyclic) bond motifs is 2. The van der Waals surface area contributed by atoms with Gasteiger partial charge in [0.15, 0.2) is 11.5 Å². The van der Waals surface area contributed by atoms with Gasteiger partial charge in [-0.1, -0.05) is 6.07 Å². The minimum Gasteiger partial charge on any atom is -0.497 e. The van der Waals surface area contributed by atoms with Crippen molar-refractivity contribution in [3.05, 3.63) is 65.5 Å². The minimum absolute atomic E-state index is 0.353. The Hall–Kier alpha value is -3.62. The van der Waals surface area contributed by atoms with Crippen molar-refractivity contribution < 1.29 is 23.7 Å².